The van der Waals surface area contributed by atoms with Gasteiger partial charge in [-0.2, -0.15) is 0 Å². The monoisotopic (exact) mass is 299 g/mol. The SMILES string of the molecule is Cc1cc(Cl)ccc1C(=O)N1CCCC(CCCl)C1. The first-order valence-corrected chi connectivity index (χ1v) is 7.64. The number of hydrogen-bond donors (Lipinski definition) is 0. The summed E-state index contributed by atoms with van der Waals surface area (Å²) in [4.78, 5) is 14.5. The Morgan fingerprint density at radius 1 is 1.47 bits per heavy atom. The van der Waals surface area contributed by atoms with E-state index in [-0.39, 0.29) is 5.91 Å². The van der Waals surface area contributed by atoms with Crippen molar-refractivity contribution in [3.05, 3.63) is 34.3 Å². The number of likely N-dealkylation sites (tertiary alicyclic amines) is 1. The molecule has 104 valence electrons. The Labute approximate surface area is 124 Å². The molecule has 0 N–H and O–H groups in total. The lowest BCUT2D eigenvalue weighted by molar-refractivity contribution is 0.0671. The predicted molar refractivity (Wildman–Crippen MR) is 80.2 cm³/mol. The maximum absolute atomic E-state index is 12.5. The molecule has 4 heteroatoms. The lowest BCUT2D eigenvalue weighted by atomic mass is 9.94. The normalized spacial score (nSPS) is 19.5. The lowest BCUT2D eigenvalue weighted by Crippen LogP contribution is -2.40. The Balaban J connectivity index is 2.10. The van der Waals surface area contributed by atoms with Crippen LogP contribution in [0, 0.1) is 12.8 Å². The van der Waals surface area contributed by atoms with Crippen molar-refractivity contribution in [3.8, 4) is 0 Å². The van der Waals surface area contributed by atoms with E-state index in [1.165, 1.54) is 6.42 Å². The topological polar surface area (TPSA) is 20.3 Å². The highest BCUT2D eigenvalue weighted by atomic mass is 35.5. The minimum Gasteiger partial charge on any atom is -0.338 e. The van der Waals surface area contributed by atoms with Gasteiger partial charge < -0.3 is 4.90 Å². The maximum atomic E-state index is 12.5. The molecule has 1 saturated heterocycles. The van der Waals surface area contributed by atoms with Gasteiger partial charge in [0.15, 0.2) is 0 Å². The highest BCUT2D eigenvalue weighted by Gasteiger charge is 2.24. The minimum atomic E-state index is 0.119. The number of halogens is 2. The van der Waals surface area contributed by atoms with Gasteiger partial charge in [0.25, 0.3) is 5.91 Å². The van der Waals surface area contributed by atoms with Crippen LogP contribution >= 0.6 is 23.2 Å². The van der Waals surface area contributed by atoms with Gasteiger partial charge in [-0.15, -0.1) is 11.6 Å². The number of rotatable bonds is 3. The fourth-order valence-electron chi connectivity index (χ4n) is 2.68. The van der Waals surface area contributed by atoms with E-state index in [2.05, 4.69) is 0 Å². The standard InChI is InChI=1S/C15H19Cl2NO/c1-11-9-13(17)4-5-14(11)15(19)18-8-2-3-12(10-18)6-7-16/h4-5,9,12H,2-3,6-8,10H2,1H3. The third-order valence-corrected chi connectivity index (χ3v) is 4.20. The van der Waals surface area contributed by atoms with E-state index in [0.29, 0.717) is 16.8 Å². The lowest BCUT2D eigenvalue weighted by Gasteiger charge is -2.33. The van der Waals surface area contributed by atoms with E-state index in [1.54, 1.807) is 6.07 Å². The summed E-state index contributed by atoms with van der Waals surface area (Å²) in [5.41, 5.74) is 1.70. The largest absolute Gasteiger partial charge is 0.338 e. The molecule has 1 heterocycles. The Kier molecular flexibility index (Phi) is 5.12. The Morgan fingerprint density at radius 2 is 2.26 bits per heavy atom. The number of carbonyl (C=O) groups is 1. The van der Waals surface area contributed by atoms with Gasteiger partial charge in [0.1, 0.15) is 0 Å². The molecule has 0 radical (unpaired) electrons. The third-order valence-electron chi connectivity index (χ3n) is 3.74. The summed E-state index contributed by atoms with van der Waals surface area (Å²) < 4.78 is 0. The van der Waals surface area contributed by atoms with E-state index in [9.17, 15) is 4.79 Å². The van der Waals surface area contributed by atoms with Crippen LogP contribution in [0.25, 0.3) is 0 Å². The quantitative estimate of drug-likeness (QED) is 0.769. The fourth-order valence-corrected chi connectivity index (χ4v) is 3.21. The number of carbonyl (C=O) groups excluding carboxylic acids is 1. The second-order valence-corrected chi connectivity index (χ2v) is 6.01. The summed E-state index contributed by atoms with van der Waals surface area (Å²) in [6.45, 7) is 3.60. The number of piperidine rings is 1. The van der Waals surface area contributed by atoms with E-state index in [4.69, 9.17) is 23.2 Å². The van der Waals surface area contributed by atoms with Gasteiger partial charge in [0.2, 0.25) is 0 Å². The molecule has 1 aromatic rings. The first-order valence-electron chi connectivity index (χ1n) is 6.73. The fraction of sp³-hybridized carbons (Fsp3) is 0.533. The third kappa shape index (κ3) is 3.64. The van der Waals surface area contributed by atoms with E-state index >= 15 is 0 Å². The minimum absolute atomic E-state index is 0.119. The average molecular weight is 300 g/mol. The van der Waals surface area contributed by atoms with Crippen LogP contribution in [0.2, 0.25) is 5.02 Å². The molecule has 0 bridgehead atoms. The van der Waals surface area contributed by atoms with Crippen molar-refractivity contribution in [1.29, 1.82) is 0 Å². The molecular weight excluding hydrogens is 281 g/mol. The highest BCUT2D eigenvalue weighted by molar-refractivity contribution is 6.30. The van der Waals surface area contributed by atoms with Crippen LogP contribution in [0.3, 0.4) is 0 Å². The van der Waals surface area contributed by atoms with Crippen LogP contribution in [0.1, 0.15) is 35.2 Å². The molecule has 2 rings (SSSR count). The first-order chi connectivity index (χ1) is 9.11. The van der Waals surface area contributed by atoms with E-state index in [0.717, 1.165) is 37.1 Å². The smallest absolute Gasteiger partial charge is 0.254 e. The Hall–Kier alpha value is -0.730. The molecule has 1 fully saturated rings. The maximum Gasteiger partial charge on any atom is 0.254 e. The molecule has 1 amide bonds. The number of alkyl halides is 1. The Morgan fingerprint density at radius 3 is 2.95 bits per heavy atom. The second kappa shape index (κ2) is 6.62. The molecule has 0 aliphatic carbocycles. The van der Waals surface area contributed by atoms with E-state index in [1.807, 2.05) is 24.0 Å². The van der Waals surface area contributed by atoms with Gasteiger partial charge in [-0.05, 0) is 55.9 Å². The number of nitrogens with zero attached hydrogens (tertiary/aromatic N) is 1. The van der Waals surface area contributed by atoms with Crippen LogP contribution in [0.15, 0.2) is 18.2 Å². The van der Waals surface area contributed by atoms with Gasteiger partial charge in [0.05, 0.1) is 0 Å². The molecule has 1 aliphatic rings. The van der Waals surface area contributed by atoms with Crippen LogP contribution in [0.5, 0.6) is 0 Å². The summed E-state index contributed by atoms with van der Waals surface area (Å²) in [6.07, 6.45) is 3.24. The molecule has 1 aromatic carbocycles. The number of benzene rings is 1. The van der Waals surface area contributed by atoms with Crippen LogP contribution in [-0.2, 0) is 0 Å². The molecule has 19 heavy (non-hydrogen) atoms. The molecule has 1 aliphatic heterocycles. The van der Waals surface area contributed by atoms with Crippen LogP contribution in [0.4, 0.5) is 0 Å². The van der Waals surface area contributed by atoms with Gasteiger partial charge in [0, 0.05) is 29.6 Å². The van der Waals surface area contributed by atoms with Gasteiger partial charge in [-0.1, -0.05) is 11.6 Å². The predicted octanol–water partition coefficient (Wildman–Crippen LogP) is 4.13. The molecule has 2 nitrogen and oxygen atoms in total. The summed E-state index contributed by atoms with van der Waals surface area (Å²) >= 11 is 11.7. The molecule has 0 saturated carbocycles. The molecular formula is C15H19Cl2NO. The zero-order chi connectivity index (χ0) is 13.8. The number of amides is 1. The zero-order valence-electron chi connectivity index (χ0n) is 11.2. The molecule has 1 atom stereocenters. The highest BCUT2D eigenvalue weighted by Crippen LogP contribution is 2.23. The molecule has 1 unspecified atom stereocenters. The zero-order valence-corrected chi connectivity index (χ0v) is 12.7. The van der Waals surface area contributed by atoms with Gasteiger partial charge in [-0.25, -0.2) is 0 Å². The van der Waals surface area contributed by atoms with Crippen molar-refractivity contribution in [2.24, 2.45) is 5.92 Å². The summed E-state index contributed by atoms with van der Waals surface area (Å²) in [6, 6.07) is 5.45. The van der Waals surface area contributed by atoms with Crippen LogP contribution in [-0.4, -0.2) is 29.8 Å². The van der Waals surface area contributed by atoms with Gasteiger partial charge >= 0.3 is 0 Å². The van der Waals surface area contributed by atoms with Crippen molar-refractivity contribution in [2.45, 2.75) is 26.2 Å². The van der Waals surface area contributed by atoms with Crippen molar-refractivity contribution >= 4 is 29.1 Å². The van der Waals surface area contributed by atoms with Crippen LogP contribution < -0.4 is 0 Å². The number of hydrogen-bond acceptors (Lipinski definition) is 1. The van der Waals surface area contributed by atoms with Crippen molar-refractivity contribution < 1.29 is 4.79 Å². The molecule has 0 spiro atoms. The van der Waals surface area contributed by atoms with Gasteiger partial charge in [-0.3, -0.25) is 4.79 Å². The van der Waals surface area contributed by atoms with Crippen molar-refractivity contribution in [2.75, 3.05) is 19.0 Å². The summed E-state index contributed by atoms with van der Waals surface area (Å²) in [7, 11) is 0. The first kappa shape index (κ1) is 14.7. The van der Waals surface area contributed by atoms with Crippen molar-refractivity contribution in [3.63, 3.8) is 0 Å². The van der Waals surface area contributed by atoms with Crippen molar-refractivity contribution in [1.82, 2.24) is 4.90 Å². The summed E-state index contributed by atoms with van der Waals surface area (Å²) in [5, 5.41) is 0.674. The number of aryl methyl sites for hydroxylation is 1. The van der Waals surface area contributed by atoms with E-state index < -0.39 is 0 Å². The second-order valence-electron chi connectivity index (χ2n) is 5.20. The average Bonchev–Trinajstić information content (AvgIpc) is 2.39. The Bertz CT molecular complexity index is 459. The molecule has 0 aromatic heterocycles. The summed E-state index contributed by atoms with van der Waals surface area (Å²) in [5.74, 6) is 1.34.